The average Bonchev–Trinajstić information content (AvgIpc) is 2.79. The van der Waals surface area contributed by atoms with E-state index in [4.69, 9.17) is 21.1 Å². The number of anilines is 1. The zero-order chi connectivity index (χ0) is 22.6. The fourth-order valence-electron chi connectivity index (χ4n) is 3.40. The molecule has 2 aromatic rings. The zero-order valence-corrected chi connectivity index (χ0v) is 19.3. The van der Waals surface area contributed by atoms with Gasteiger partial charge in [-0.1, -0.05) is 11.6 Å². The molecule has 0 aromatic heterocycles. The summed E-state index contributed by atoms with van der Waals surface area (Å²) in [6, 6.07) is 12.1. The Morgan fingerprint density at radius 1 is 1.03 bits per heavy atom. The first-order chi connectivity index (χ1) is 14.8. The number of likely N-dealkylation sites (N-methyl/N-ethyl adjacent to an activating group) is 1. The van der Waals surface area contributed by atoms with Crippen LogP contribution in [0.25, 0.3) is 0 Å². The van der Waals surface area contributed by atoms with E-state index in [0.29, 0.717) is 26.2 Å². The number of methoxy groups -OCH3 is 2. The van der Waals surface area contributed by atoms with E-state index in [2.05, 4.69) is 4.90 Å². The van der Waals surface area contributed by atoms with Gasteiger partial charge in [0.05, 0.1) is 20.8 Å². The molecule has 1 heterocycles. The third kappa shape index (κ3) is 5.23. The summed E-state index contributed by atoms with van der Waals surface area (Å²) in [6.07, 6.45) is 0. The van der Waals surface area contributed by atoms with Crippen molar-refractivity contribution in [1.82, 2.24) is 9.21 Å². The quantitative estimate of drug-likeness (QED) is 0.621. The number of ether oxygens (including phenoxy) is 2. The van der Waals surface area contributed by atoms with Crippen LogP contribution < -0.4 is 14.4 Å². The zero-order valence-electron chi connectivity index (χ0n) is 17.7. The molecule has 8 nitrogen and oxygen atoms in total. The molecule has 1 aliphatic rings. The molecule has 3 rings (SSSR count). The molecule has 0 bridgehead atoms. The van der Waals surface area contributed by atoms with Crippen molar-refractivity contribution >= 4 is 33.2 Å². The van der Waals surface area contributed by atoms with Gasteiger partial charge < -0.3 is 19.3 Å². The van der Waals surface area contributed by atoms with Gasteiger partial charge >= 0.3 is 0 Å². The molecule has 0 spiro atoms. The van der Waals surface area contributed by atoms with Crippen molar-refractivity contribution < 1.29 is 22.7 Å². The van der Waals surface area contributed by atoms with Gasteiger partial charge in [0.2, 0.25) is 15.9 Å². The first-order valence-corrected chi connectivity index (χ1v) is 11.5. The number of sulfonamides is 1. The van der Waals surface area contributed by atoms with E-state index in [1.165, 1.54) is 26.3 Å². The molecule has 2 aromatic carbocycles. The van der Waals surface area contributed by atoms with Crippen LogP contribution in [-0.4, -0.2) is 77.5 Å². The maximum Gasteiger partial charge on any atom is 0.247 e. The van der Waals surface area contributed by atoms with Gasteiger partial charge in [-0.3, -0.25) is 4.79 Å². The number of carbonyl (C=O) groups excluding carboxylic acids is 1. The van der Waals surface area contributed by atoms with E-state index in [1.807, 2.05) is 24.3 Å². The lowest BCUT2D eigenvalue weighted by Gasteiger charge is -2.36. The minimum absolute atomic E-state index is 0.0675. The monoisotopic (exact) mass is 467 g/mol. The number of benzene rings is 2. The van der Waals surface area contributed by atoms with Gasteiger partial charge in [0.15, 0.2) is 0 Å². The molecule has 0 radical (unpaired) electrons. The summed E-state index contributed by atoms with van der Waals surface area (Å²) in [5, 5.41) is 0.272. The highest BCUT2D eigenvalue weighted by atomic mass is 35.5. The molecule has 0 aliphatic carbocycles. The smallest absolute Gasteiger partial charge is 0.247 e. The van der Waals surface area contributed by atoms with Crippen molar-refractivity contribution in [2.24, 2.45) is 0 Å². The first-order valence-electron chi connectivity index (χ1n) is 9.73. The number of nitrogens with zero attached hydrogens (tertiary/aromatic N) is 3. The summed E-state index contributed by atoms with van der Waals surface area (Å²) in [5.74, 6) is 0.719. The topological polar surface area (TPSA) is 79.4 Å². The lowest BCUT2D eigenvalue weighted by Crippen LogP contribution is -2.51. The normalized spacial score (nSPS) is 14.6. The van der Waals surface area contributed by atoms with Crippen LogP contribution in [0.15, 0.2) is 47.4 Å². The Labute approximate surface area is 187 Å². The van der Waals surface area contributed by atoms with Crippen LogP contribution in [0, 0.1) is 0 Å². The fourth-order valence-corrected chi connectivity index (χ4v) is 4.94. The van der Waals surface area contributed by atoms with Crippen LogP contribution in [0.3, 0.4) is 0 Å². The van der Waals surface area contributed by atoms with Gasteiger partial charge in [0.25, 0.3) is 0 Å². The molecule has 0 saturated carbocycles. The third-order valence-corrected chi connectivity index (χ3v) is 7.30. The van der Waals surface area contributed by atoms with Crippen molar-refractivity contribution in [2.75, 3.05) is 58.9 Å². The van der Waals surface area contributed by atoms with Crippen molar-refractivity contribution in [2.45, 2.75) is 4.90 Å². The van der Waals surface area contributed by atoms with Crippen LogP contribution in [-0.2, 0) is 14.8 Å². The van der Waals surface area contributed by atoms with Crippen molar-refractivity contribution in [3.63, 3.8) is 0 Å². The number of amides is 1. The fraction of sp³-hybridized carbons (Fsp3) is 0.381. The Balaban J connectivity index is 1.62. The molecule has 0 N–H and O–H groups in total. The molecule has 1 amide bonds. The van der Waals surface area contributed by atoms with Crippen LogP contribution in [0.4, 0.5) is 5.69 Å². The average molecular weight is 468 g/mol. The van der Waals surface area contributed by atoms with Gasteiger partial charge in [-0.05, 0) is 42.5 Å². The first kappa shape index (κ1) is 23.2. The van der Waals surface area contributed by atoms with Gasteiger partial charge in [-0.15, -0.1) is 0 Å². The Morgan fingerprint density at radius 2 is 1.68 bits per heavy atom. The van der Waals surface area contributed by atoms with E-state index in [1.54, 1.807) is 18.1 Å². The second-order valence-electron chi connectivity index (χ2n) is 7.12. The summed E-state index contributed by atoms with van der Waals surface area (Å²) in [7, 11) is 0.441. The lowest BCUT2D eigenvalue weighted by molar-refractivity contribution is -0.131. The van der Waals surface area contributed by atoms with Crippen LogP contribution in [0.1, 0.15) is 0 Å². The van der Waals surface area contributed by atoms with E-state index in [0.717, 1.165) is 15.7 Å². The van der Waals surface area contributed by atoms with Crippen LogP contribution >= 0.6 is 11.6 Å². The summed E-state index contributed by atoms with van der Waals surface area (Å²) in [6.45, 7) is 2.09. The molecule has 0 atom stereocenters. The molecular formula is C21H26ClN3O5S. The Kier molecular flexibility index (Phi) is 7.30. The maximum atomic E-state index is 13.0. The van der Waals surface area contributed by atoms with Gasteiger partial charge in [-0.25, -0.2) is 8.42 Å². The second kappa shape index (κ2) is 9.76. The SMILES string of the molecule is COc1ccc(N2CCN(C(=O)CN(C)S(=O)(=O)c3cc(Cl)ccc3OC)CC2)cc1. The third-order valence-electron chi connectivity index (χ3n) is 5.24. The number of halogens is 1. The minimum atomic E-state index is -3.94. The molecule has 1 aliphatic heterocycles. The summed E-state index contributed by atoms with van der Waals surface area (Å²) >= 11 is 5.97. The minimum Gasteiger partial charge on any atom is -0.497 e. The Morgan fingerprint density at radius 3 is 2.26 bits per heavy atom. The van der Waals surface area contributed by atoms with Crippen molar-refractivity contribution in [1.29, 1.82) is 0 Å². The van der Waals surface area contributed by atoms with Gasteiger partial charge in [-0.2, -0.15) is 4.31 Å². The van der Waals surface area contributed by atoms with E-state index in [9.17, 15) is 13.2 Å². The highest BCUT2D eigenvalue weighted by molar-refractivity contribution is 7.89. The van der Waals surface area contributed by atoms with E-state index in [-0.39, 0.29) is 28.1 Å². The Hall–Kier alpha value is -2.49. The largest absolute Gasteiger partial charge is 0.497 e. The highest BCUT2D eigenvalue weighted by Gasteiger charge is 2.29. The molecule has 31 heavy (non-hydrogen) atoms. The van der Waals surface area contributed by atoms with Gasteiger partial charge in [0, 0.05) is 43.9 Å². The predicted molar refractivity (Wildman–Crippen MR) is 120 cm³/mol. The summed E-state index contributed by atoms with van der Waals surface area (Å²) in [5.41, 5.74) is 1.06. The summed E-state index contributed by atoms with van der Waals surface area (Å²) in [4.78, 5) is 16.6. The predicted octanol–water partition coefficient (Wildman–Crippen LogP) is 2.33. The maximum absolute atomic E-state index is 13.0. The van der Waals surface area contributed by atoms with Crippen molar-refractivity contribution in [3.05, 3.63) is 47.5 Å². The van der Waals surface area contributed by atoms with Gasteiger partial charge in [0.1, 0.15) is 16.4 Å². The molecule has 0 unspecified atom stereocenters. The Bertz CT molecular complexity index is 1020. The number of rotatable bonds is 7. The number of hydrogen-bond acceptors (Lipinski definition) is 6. The lowest BCUT2D eigenvalue weighted by atomic mass is 10.2. The molecule has 1 saturated heterocycles. The molecule has 10 heteroatoms. The van der Waals surface area contributed by atoms with E-state index < -0.39 is 10.0 Å². The number of carbonyl (C=O) groups is 1. The molecule has 168 valence electrons. The highest BCUT2D eigenvalue weighted by Crippen LogP contribution is 2.29. The number of hydrogen-bond donors (Lipinski definition) is 0. The summed E-state index contributed by atoms with van der Waals surface area (Å²) < 4.78 is 37.3. The van der Waals surface area contributed by atoms with Crippen LogP contribution in [0.2, 0.25) is 5.02 Å². The van der Waals surface area contributed by atoms with E-state index >= 15 is 0 Å². The standard InChI is InChI=1S/C21H26ClN3O5S/c1-23(31(27,28)20-14-16(22)4-9-19(20)30-3)15-21(26)25-12-10-24(11-13-25)17-5-7-18(29-2)8-6-17/h4-9,14H,10-13,15H2,1-3H3. The molecular weight excluding hydrogens is 442 g/mol. The molecule has 1 fully saturated rings. The van der Waals surface area contributed by atoms with Crippen LogP contribution in [0.5, 0.6) is 11.5 Å². The second-order valence-corrected chi connectivity index (χ2v) is 9.57. The number of piperazine rings is 1. The van der Waals surface area contributed by atoms with Crippen molar-refractivity contribution in [3.8, 4) is 11.5 Å².